The fraction of sp³-hybridized carbons (Fsp3) is 0.458. The van der Waals surface area contributed by atoms with E-state index < -0.39 is 67.0 Å². The van der Waals surface area contributed by atoms with Gasteiger partial charge in [-0.1, -0.05) is 18.2 Å². The van der Waals surface area contributed by atoms with Gasteiger partial charge in [0.2, 0.25) is 12.2 Å². The zero-order valence-electron chi connectivity index (χ0n) is 20.3. The van der Waals surface area contributed by atoms with Crippen molar-refractivity contribution in [2.45, 2.75) is 64.8 Å². The van der Waals surface area contributed by atoms with Crippen molar-refractivity contribution in [3.05, 3.63) is 36.0 Å². The molecule has 1 amide bonds. The lowest BCUT2D eigenvalue weighted by Gasteiger charge is -2.44. The number of amides is 1. The maximum Gasteiger partial charge on any atom is 0.305 e. The maximum atomic E-state index is 13.1. The van der Waals surface area contributed by atoms with Crippen LogP contribution >= 0.6 is 0 Å². The van der Waals surface area contributed by atoms with Crippen LogP contribution in [-0.2, 0) is 54.1 Å². The number of aromatic amines is 1. The van der Waals surface area contributed by atoms with Crippen LogP contribution in [0, 0.1) is 0 Å². The molecular formula is C24H28N2O10. The van der Waals surface area contributed by atoms with Crippen LogP contribution in [0.15, 0.2) is 30.5 Å². The number of aromatic nitrogens is 1. The van der Waals surface area contributed by atoms with E-state index in [1.807, 2.05) is 24.3 Å². The van der Waals surface area contributed by atoms with Crippen molar-refractivity contribution in [3.8, 4) is 0 Å². The van der Waals surface area contributed by atoms with Crippen LogP contribution in [0.1, 0.15) is 33.3 Å². The second kappa shape index (κ2) is 11.7. The first-order valence-corrected chi connectivity index (χ1v) is 11.2. The minimum absolute atomic E-state index is 0.0603. The number of nitrogens with one attached hydrogen (secondary N) is 2. The van der Waals surface area contributed by atoms with Crippen LogP contribution < -0.4 is 5.32 Å². The van der Waals surface area contributed by atoms with Crippen LogP contribution in [-0.4, -0.2) is 72.0 Å². The van der Waals surface area contributed by atoms with Crippen molar-refractivity contribution >= 4 is 40.7 Å². The van der Waals surface area contributed by atoms with E-state index >= 15 is 0 Å². The summed E-state index contributed by atoms with van der Waals surface area (Å²) in [6, 6.07) is 6.18. The Morgan fingerprint density at radius 3 is 2.17 bits per heavy atom. The molecule has 12 heteroatoms. The number of benzene rings is 1. The monoisotopic (exact) mass is 504 g/mol. The number of esters is 4. The zero-order valence-corrected chi connectivity index (χ0v) is 20.3. The second-order valence-corrected chi connectivity index (χ2v) is 8.23. The SMILES string of the molecule is CC(=O)OC[C@H]1O[C@@H](OC(C)=O)[C@H](NC(=O)Cc2c[nH]c3ccccc23)[C@@H](OC(C)=O)[C@@H]1OC(C)=O. The van der Waals surface area contributed by atoms with Crippen LogP contribution in [0.2, 0.25) is 0 Å². The minimum Gasteiger partial charge on any atom is -0.463 e. The van der Waals surface area contributed by atoms with E-state index in [0.29, 0.717) is 5.56 Å². The Morgan fingerprint density at radius 1 is 0.889 bits per heavy atom. The smallest absolute Gasteiger partial charge is 0.305 e. The lowest BCUT2D eigenvalue weighted by Crippen LogP contribution is -2.67. The van der Waals surface area contributed by atoms with E-state index in [1.54, 1.807) is 6.20 Å². The zero-order chi connectivity index (χ0) is 26.4. The third-order valence-corrected chi connectivity index (χ3v) is 5.34. The third kappa shape index (κ3) is 6.81. The molecule has 0 bridgehead atoms. The number of hydrogen-bond acceptors (Lipinski definition) is 10. The minimum atomic E-state index is -1.44. The highest BCUT2D eigenvalue weighted by Gasteiger charge is 2.52. The van der Waals surface area contributed by atoms with E-state index in [4.69, 9.17) is 23.7 Å². The molecule has 1 aromatic heterocycles. The Morgan fingerprint density at radius 2 is 1.53 bits per heavy atom. The Hall–Kier alpha value is -3.93. The van der Waals surface area contributed by atoms with Gasteiger partial charge >= 0.3 is 23.9 Å². The van der Waals surface area contributed by atoms with Gasteiger partial charge < -0.3 is 34.0 Å². The molecule has 1 aliphatic rings. The summed E-state index contributed by atoms with van der Waals surface area (Å²) in [6.07, 6.45) is -3.56. The summed E-state index contributed by atoms with van der Waals surface area (Å²) in [7, 11) is 0. The first kappa shape index (κ1) is 26.7. The second-order valence-electron chi connectivity index (χ2n) is 8.23. The lowest BCUT2D eigenvalue weighted by atomic mass is 9.95. The molecule has 1 fully saturated rings. The summed E-state index contributed by atoms with van der Waals surface area (Å²) in [5.41, 5.74) is 1.55. The van der Waals surface area contributed by atoms with Gasteiger partial charge in [0, 0.05) is 44.8 Å². The molecule has 2 aromatic rings. The molecule has 0 unspecified atom stereocenters. The molecule has 36 heavy (non-hydrogen) atoms. The summed E-state index contributed by atoms with van der Waals surface area (Å²) in [4.78, 5) is 63.2. The van der Waals surface area contributed by atoms with Crippen molar-refractivity contribution in [1.82, 2.24) is 10.3 Å². The van der Waals surface area contributed by atoms with Gasteiger partial charge in [0.25, 0.3) is 0 Å². The Labute approximate surface area is 206 Å². The highest BCUT2D eigenvalue weighted by molar-refractivity contribution is 5.89. The quantitative estimate of drug-likeness (QED) is 0.391. The van der Waals surface area contributed by atoms with E-state index in [1.165, 1.54) is 6.92 Å². The van der Waals surface area contributed by atoms with Gasteiger partial charge in [-0.2, -0.15) is 0 Å². The summed E-state index contributed by atoms with van der Waals surface area (Å²) in [6.45, 7) is 4.18. The predicted molar refractivity (Wildman–Crippen MR) is 122 cm³/mol. The van der Waals surface area contributed by atoms with Gasteiger partial charge in [-0.25, -0.2) is 0 Å². The summed E-state index contributed by atoms with van der Waals surface area (Å²) >= 11 is 0. The van der Waals surface area contributed by atoms with Crippen LogP contribution in [0.25, 0.3) is 10.9 Å². The molecular weight excluding hydrogens is 476 g/mol. The molecule has 3 rings (SSSR count). The number of ether oxygens (including phenoxy) is 5. The van der Waals surface area contributed by atoms with Crippen molar-refractivity contribution in [2.75, 3.05) is 6.61 Å². The summed E-state index contributed by atoms with van der Waals surface area (Å²) < 4.78 is 26.8. The maximum absolute atomic E-state index is 13.1. The molecule has 0 saturated carbocycles. The predicted octanol–water partition coefficient (Wildman–Crippen LogP) is 0.910. The molecule has 0 aliphatic carbocycles. The normalized spacial score (nSPS) is 23.4. The summed E-state index contributed by atoms with van der Waals surface area (Å²) in [5.74, 6) is -3.36. The number of fused-ring (bicyclic) bond motifs is 1. The van der Waals surface area contributed by atoms with Crippen molar-refractivity contribution in [1.29, 1.82) is 0 Å². The van der Waals surface area contributed by atoms with Crippen LogP contribution in [0.3, 0.4) is 0 Å². The average Bonchev–Trinajstić information content (AvgIpc) is 3.18. The Kier molecular flexibility index (Phi) is 8.64. The van der Waals surface area contributed by atoms with Gasteiger partial charge in [0.15, 0.2) is 12.2 Å². The first-order valence-electron chi connectivity index (χ1n) is 11.2. The lowest BCUT2D eigenvalue weighted by molar-refractivity contribution is -0.271. The van der Waals surface area contributed by atoms with E-state index in [0.717, 1.165) is 31.7 Å². The van der Waals surface area contributed by atoms with E-state index in [-0.39, 0.29) is 6.42 Å². The largest absolute Gasteiger partial charge is 0.463 e. The third-order valence-electron chi connectivity index (χ3n) is 5.34. The van der Waals surface area contributed by atoms with E-state index in [2.05, 4.69) is 10.3 Å². The molecule has 2 N–H and O–H groups in total. The standard InChI is InChI=1S/C24H28N2O10/c1-12(27)32-11-19-22(33-13(2)28)23(34-14(3)29)21(24(36-19)35-15(4)30)26-20(31)9-16-10-25-18-8-6-5-7-17(16)18/h5-8,10,19,21-25H,9,11H2,1-4H3,(H,26,31)/t19-,21-,22-,23-,24-/m1/s1. The molecule has 5 atom stereocenters. The van der Waals surface area contributed by atoms with E-state index in [9.17, 15) is 24.0 Å². The molecule has 194 valence electrons. The number of para-hydroxylation sites is 1. The van der Waals surface area contributed by atoms with Gasteiger partial charge in [-0.3, -0.25) is 24.0 Å². The fourth-order valence-electron chi connectivity index (χ4n) is 4.01. The van der Waals surface area contributed by atoms with Gasteiger partial charge in [0.05, 0.1) is 6.42 Å². The number of carbonyl (C=O) groups is 5. The number of rotatable bonds is 8. The first-order chi connectivity index (χ1) is 17.0. The van der Waals surface area contributed by atoms with Crippen molar-refractivity contribution in [2.24, 2.45) is 0 Å². The number of hydrogen-bond donors (Lipinski definition) is 2. The van der Waals surface area contributed by atoms with Crippen LogP contribution in [0.4, 0.5) is 0 Å². The Bertz CT molecular complexity index is 1140. The molecule has 0 spiro atoms. The molecule has 12 nitrogen and oxygen atoms in total. The van der Waals surface area contributed by atoms with Gasteiger partial charge in [0.1, 0.15) is 18.8 Å². The van der Waals surface area contributed by atoms with Crippen molar-refractivity contribution in [3.63, 3.8) is 0 Å². The van der Waals surface area contributed by atoms with Gasteiger partial charge in [-0.05, 0) is 11.6 Å². The average molecular weight is 504 g/mol. The van der Waals surface area contributed by atoms with Crippen molar-refractivity contribution < 1.29 is 47.7 Å². The summed E-state index contributed by atoms with van der Waals surface area (Å²) in [5, 5.41) is 3.54. The molecule has 2 heterocycles. The molecule has 1 aromatic carbocycles. The fourth-order valence-corrected chi connectivity index (χ4v) is 4.01. The topological polar surface area (TPSA) is 159 Å². The number of carbonyl (C=O) groups excluding carboxylic acids is 5. The Balaban J connectivity index is 1.91. The van der Waals surface area contributed by atoms with Crippen LogP contribution in [0.5, 0.6) is 0 Å². The van der Waals surface area contributed by atoms with Gasteiger partial charge in [-0.15, -0.1) is 0 Å². The number of H-pyrrole nitrogens is 1. The highest BCUT2D eigenvalue weighted by atomic mass is 16.7. The highest BCUT2D eigenvalue weighted by Crippen LogP contribution is 2.28. The molecule has 0 radical (unpaired) electrons. The molecule has 1 saturated heterocycles. The molecule has 1 aliphatic heterocycles.